The van der Waals surface area contributed by atoms with E-state index in [1.807, 2.05) is 13.8 Å². The number of rotatable bonds is 3. The van der Waals surface area contributed by atoms with Crippen LogP contribution in [0.4, 0.5) is 0 Å². The molecule has 0 rings (SSSR count). The summed E-state index contributed by atoms with van der Waals surface area (Å²) in [5.74, 6) is -0.846. The standard InChI is InChI=1S/C6H12NO2/c1-4(2)3-5(7)6(8)9/h4-5H,3,7H2,1-2H3. The van der Waals surface area contributed by atoms with Crippen molar-refractivity contribution < 1.29 is 9.90 Å². The highest BCUT2D eigenvalue weighted by atomic mass is 16.4. The first-order valence-corrected chi connectivity index (χ1v) is 3.00. The Bertz CT molecular complexity index is 101. The van der Waals surface area contributed by atoms with Gasteiger partial charge in [-0.25, -0.2) is 9.90 Å². The van der Waals surface area contributed by atoms with Crippen LogP contribution >= 0.6 is 0 Å². The van der Waals surface area contributed by atoms with E-state index in [9.17, 15) is 9.90 Å². The summed E-state index contributed by atoms with van der Waals surface area (Å²) in [4.78, 5) is 10.00. The lowest BCUT2D eigenvalue weighted by Crippen LogP contribution is -2.30. The zero-order valence-electron chi connectivity index (χ0n) is 5.76. The van der Waals surface area contributed by atoms with Crippen LogP contribution in [0.25, 0.3) is 0 Å². The first-order chi connectivity index (χ1) is 4.04. The van der Waals surface area contributed by atoms with Gasteiger partial charge in [-0.05, 0) is 12.3 Å². The second kappa shape index (κ2) is 3.45. The van der Waals surface area contributed by atoms with E-state index >= 15 is 0 Å². The maximum atomic E-state index is 10.00. The Balaban J connectivity index is 3.50. The molecule has 3 nitrogen and oxygen atoms in total. The van der Waals surface area contributed by atoms with Gasteiger partial charge in [-0.15, -0.1) is 0 Å². The topological polar surface area (TPSA) is 63.0 Å². The van der Waals surface area contributed by atoms with Crippen LogP contribution in [0.1, 0.15) is 20.3 Å². The average molecular weight is 130 g/mol. The molecule has 0 aromatic heterocycles. The molecule has 0 aliphatic heterocycles. The van der Waals surface area contributed by atoms with Gasteiger partial charge in [-0.3, -0.25) is 0 Å². The zero-order chi connectivity index (χ0) is 7.44. The van der Waals surface area contributed by atoms with Gasteiger partial charge >= 0.3 is 5.97 Å². The Morgan fingerprint density at radius 2 is 2.00 bits per heavy atom. The predicted octanol–water partition coefficient (Wildman–Crippen LogP) is 0.317. The Morgan fingerprint density at radius 1 is 1.56 bits per heavy atom. The molecule has 0 spiro atoms. The minimum Gasteiger partial charge on any atom is -0.318 e. The molecule has 0 aliphatic rings. The van der Waals surface area contributed by atoms with E-state index in [1.165, 1.54) is 0 Å². The van der Waals surface area contributed by atoms with Crippen molar-refractivity contribution in [3.63, 3.8) is 0 Å². The molecule has 0 bridgehead atoms. The van der Waals surface area contributed by atoms with E-state index in [-0.39, 0.29) is 0 Å². The molecular weight excluding hydrogens is 118 g/mol. The Kier molecular flexibility index (Phi) is 3.24. The van der Waals surface area contributed by atoms with Gasteiger partial charge < -0.3 is 5.73 Å². The number of hydrogen-bond acceptors (Lipinski definition) is 2. The van der Waals surface area contributed by atoms with Gasteiger partial charge in [-0.2, -0.15) is 0 Å². The Hall–Kier alpha value is -0.570. The number of carbonyl (C=O) groups is 1. The van der Waals surface area contributed by atoms with Gasteiger partial charge in [0.05, 0.1) is 0 Å². The smallest absolute Gasteiger partial charge is 0.318 e. The molecule has 1 unspecified atom stereocenters. The second-order valence-corrected chi connectivity index (χ2v) is 2.56. The summed E-state index contributed by atoms with van der Waals surface area (Å²) in [5.41, 5.74) is 5.16. The van der Waals surface area contributed by atoms with Crippen molar-refractivity contribution in [2.45, 2.75) is 26.3 Å². The molecule has 53 valence electrons. The highest BCUT2D eigenvalue weighted by Gasteiger charge is 2.14. The minimum absolute atomic E-state index is 0.317. The first-order valence-electron chi connectivity index (χ1n) is 3.00. The lowest BCUT2D eigenvalue weighted by atomic mass is 10.1. The van der Waals surface area contributed by atoms with Gasteiger partial charge in [-0.1, -0.05) is 13.8 Å². The lowest BCUT2D eigenvalue weighted by Gasteiger charge is -2.05. The second-order valence-electron chi connectivity index (χ2n) is 2.56. The van der Waals surface area contributed by atoms with Crippen LogP contribution in [0, 0.1) is 5.92 Å². The fraction of sp³-hybridized carbons (Fsp3) is 0.833. The van der Waals surface area contributed by atoms with Gasteiger partial charge in [0.25, 0.3) is 0 Å². The monoisotopic (exact) mass is 130 g/mol. The van der Waals surface area contributed by atoms with E-state index in [4.69, 9.17) is 5.73 Å². The van der Waals surface area contributed by atoms with Crippen molar-refractivity contribution in [3.05, 3.63) is 0 Å². The first kappa shape index (κ1) is 8.43. The molecular formula is C6H12NO2. The average Bonchev–Trinajstić information content (AvgIpc) is 1.63. The van der Waals surface area contributed by atoms with Crippen LogP contribution in [0.3, 0.4) is 0 Å². The van der Waals surface area contributed by atoms with E-state index in [0.717, 1.165) is 0 Å². The molecule has 1 radical (unpaired) electrons. The lowest BCUT2D eigenvalue weighted by molar-refractivity contribution is -0.145. The molecule has 0 aromatic carbocycles. The highest BCUT2D eigenvalue weighted by molar-refractivity contribution is 5.72. The van der Waals surface area contributed by atoms with E-state index in [2.05, 4.69) is 0 Å². The predicted molar refractivity (Wildman–Crippen MR) is 33.1 cm³/mol. The van der Waals surface area contributed by atoms with Crippen molar-refractivity contribution in [2.24, 2.45) is 11.7 Å². The summed E-state index contributed by atoms with van der Waals surface area (Å²) in [6, 6.07) is -0.801. The summed E-state index contributed by atoms with van der Waals surface area (Å²) >= 11 is 0. The maximum Gasteiger partial charge on any atom is 0.372 e. The summed E-state index contributed by atoms with van der Waals surface area (Å²) in [6.45, 7) is 3.84. The molecule has 9 heavy (non-hydrogen) atoms. The third-order valence-corrected chi connectivity index (χ3v) is 1.03. The zero-order valence-corrected chi connectivity index (χ0v) is 5.76. The fourth-order valence-corrected chi connectivity index (χ4v) is 0.604. The van der Waals surface area contributed by atoms with Crippen LogP contribution in [0.5, 0.6) is 0 Å². The highest BCUT2D eigenvalue weighted by Crippen LogP contribution is 2.01. The van der Waals surface area contributed by atoms with Gasteiger partial charge in [0.15, 0.2) is 0 Å². The molecule has 0 heterocycles. The van der Waals surface area contributed by atoms with E-state index in [1.54, 1.807) is 0 Å². The normalized spacial score (nSPS) is 13.8. The van der Waals surface area contributed by atoms with Crippen LogP contribution in [0.2, 0.25) is 0 Å². The minimum atomic E-state index is -1.16. The molecule has 0 saturated heterocycles. The fourth-order valence-electron chi connectivity index (χ4n) is 0.604. The van der Waals surface area contributed by atoms with Gasteiger partial charge in [0, 0.05) is 0 Å². The maximum absolute atomic E-state index is 10.00. The van der Waals surface area contributed by atoms with Crippen molar-refractivity contribution in [3.8, 4) is 0 Å². The van der Waals surface area contributed by atoms with Gasteiger partial charge in [0.1, 0.15) is 6.04 Å². The molecule has 3 heteroatoms. The van der Waals surface area contributed by atoms with Crippen molar-refractivity contribution >= 4 is 5.97 Å². The quantitative estimate of drug-likeness (QED) is 0.597. The Morgan fingerprint density at radius 3 is 2.11 bits per heavy atom. The van der Waals surface area contributed by atoms with Crippen molar-refractivity contribution in [1.82, 2.24) is 0 Å². The summed E-state index contributed by atoms with van der Waals surface area (Å²) in [6.07, 6.45) is 0.488. The summed E-state index contributed by atoms with van der Waals surface area (Å²) in [5, 5.41) is 10.00. The Labute approximate surface area is 54.9 Å². The number of hydrogen-bond donors (Lipinski definition) is 1. The molecule has 0 aliphatic carbocycles. The van der Waals surface area contributed by atoms with E-state index < -0.39 is 12.0 Å². The summed E-state index contributed by atoms with van der Waals surface area (Å²) < 4.78 is 0. The molecule has 1 atom stereocenters. The van der Waals surface area contributed by atoms with Crippen molar-refractivity contribution in [2.75, 3.05) is 0 Å². The molecule has 0 aromatic rings. The van der Waals surface area contributed by atoms with E-state index in [0.29, 0.717) is 12.3 Å². The molecule has 0 fully saturated rings. The summed E-state index contributed by atoms with van der Waals surface area (Å²) in [7, 11) is 0. The van der Waals surface area contributed by atoms with Crippen LogP contribution < -0.4 is 5.73 Å². The SMILES string of the molecule is CC(C)CC(N)C([O])=O. The largest absolute Gasteiger partial charge is 0.372 e. The van der Waals surface area contributed by atoms with Crippen LogP contribution in [-0.4, -0.2) is 12.0 Å². The molecule has 0 saturated carbocycles. The third-order valence-electron chi connectivity index (χ3n) is 1.03. The number of nitrogens with two attached hydrogens (primary N) is 1. The number of carbonyl (C=O) groups excluding carboxylic acids is 1. The van der Waals surface area contributed by atoms with Crippen LogP contribution in [-0.2, 0) is 9.90 Å². The van der Waals surface area contributed by atoms with Gasteiger partial charge in [0.2, 0.25) is 0 Å². The molecule has 2 N–H and O–H groups in total. The third kappa shape index (κ3) is 3.97. The van der Waals surface area contributed by atoms with Crippen molar-refractivity contribution in [1.29, 1.82) is 0 Å². The van der Waals surface area contributed by atoms with Crippen LogP contribution in [0.15, 0.2) is 0 Å². The molecule has 0 amide bonds.